The van der Waals surface area contributed by atoms with Crippen LogP contribution in [0.2, 0.25) is 5.15 Å². The van der Waals surface area contributed by atoms with Crippen LogP contribution in [0.3, 0.4) is 0 Å². The molecule has 0 aliphatic heterocycles. The van der Waals surface area contributed by atoms with E-state index in [1.54, 1.807) is 0 Å². The molecule has 1 aromatic heterocycles. The van der Waals surface area contributed by atoms with Gasteiger partial charge >= 0.3 is 51.4 Å². The first-order valence-corrected chi connectivity index (χ1v) is 6.71. The molecule has 0 radical (unpaired) electrons. The zero-order valence-electron chi connectivity index (χ0n) is 9.04. The number of anilines is 2. The Hall–Kier alpha value is -0.224. The number of nitrogens with one attached hydrogen (secondary N) is 1. The molecular weight excluding hydrogens is 315 g/mol. The molecule has 3 N–H and O–H groups in total. The molecule has 0 saturated heterocycles. The van der Waals surface area contributed by atoms with Crippen molar-refractivity contribution < 1.29 is 8.42 Å². The molecule has 0 saturated carbocycles. The first-order chi connectivity index (χ1) is 8.47. The third kappa shape index (κ3) is 4.67. The van der Waals surface area contributed by atoms with Gasteiger partial charge in [0.05, 0.1) is 4.90 Å². The summed E-state index contributed by atoms with van der Waals surface area (Å²) in [5.74, 6) is 0.0937. The van der Waals surface area contributed by atoms with E-state index in [1.807, 2.05) is 0 Å². The van der Waals surface area contributed by atoms with Gasteiger partial charge in [0, 0.05) is 5.69 Å². The van der Waals surface area contributed by atoms with E-state index < -0.39 is 10.0 Å². The fraction of sp³-hybridized carbons (Fsp3) is 0. The number of benzene rings is 1. The average molecular weight is 325 g/mol. The van der Waals surface area contributed by atoms with Gasteiger partial charge < -0.3 is 5.73 Å². The summed E-state index contributed by atoms with van der Waals surface area (Å²) in [6, 6.07) is 8.67. The Morgan fingerprint density at radius 1 is 1.05 bits per heavy atom. The van der Waals surface area contributed by atoms with E-state index in [-0.39, 0.29) is 67.3 Å². The summed E-state index contributed by atoms with van der Waals surface area (Å²) in [6.07, 6.45) is 0. The van der Waals surface area contributed by atoms with Crippen molar-refractivity contribution >= 4 is 84.5 Å². The van der Waals surface area contributed by atoms with E-state index >= 15 is 0 Å². The van der Waals surface area contributed by atoms with E-state index in [4.69, 9.17) is 17.3 Å². The summed E-state index contributed by atoms with van der Waals surface area (Å²) >= 11 is 5.55. The number of hydrogen-bond donors (Lipinski definition) is 2. The van der Waals surface area contributed by atoms with Crippen molar-refractivity contribution in [3.63, 3.8) is 0 Å². The Labute approximate surface area is 158 Å². The van der Waals surface area contributed by atoms with Gasteiger partial charge in [-0.3, -0.25) is 4.72 Å². The van der Waals surface area contributed by atoms with Crippen molar-refractivity contribution in [2.24, 2.45) is 0 Å². The molecule has 0 aliphatic rings. The summed E-state index contributed by atoms with van der Waals surface area (Å²) in [6.45, 7) is 0. The Kier molecular flexibility index (Phi) is 6.18. The van der Waals surface area contributed by atoms with Gasteiger partial charge in [-0.15, -0.1) is 10.2 Å². The van der Waals surface area contributed by atoms with Crippen molar-refractivity contribution in [3.8, 4) is 0 Å². The quantitative estimate of drug-likeness (QED) is 0.644. The minimum atomic E-state index is -3.69. The monoisotopic (exact) mass is 324 g/mol. The minimum absolute atomic E-state index is 0. The SMILES string of the molecule is Nc1ccc(S(=O)(=O)Nc2ccc(Cl)nn2)cc1.[KH]. The van der Waals surface area contributed by atoms with Gasteiger partial charge in [0.1, 0.15) is 0 Å². The average Bonchev–Trinajstić information content (AvgIpc) is 2.32. The van der Waals surface area contributed by atoms with E-state index in [9.17, 15) is 8.42 Å². The van der Waals surface area contributed by atoms with E-state index in [1.165, 1.54) is 36.4 Å². The number of nitrogens with zero attached hydrogens (tertiary/aromatic N) is 2. The van der Waals surface area contributed by atoms with Crippen LogP contribution in [0, 0.1) is 0 Å². The number of nitrogens with two attached hydrogens (primary N) is 1. The normalized spacial score (nSPS) is 10.6. The molecule has 96 valence electrons. The first kappa shape index (κ1) is 16.8. The third-order valence-electron chi connectivity index (χ3n) is 2.06. The van der Waals surface area contributed by atoms with Crippen LogP contribution in [0.4, 0.5) is 11.5 Å². The molecule has 2 aromatic rings. The second kappa shape index (κ2) is 6.98. The molecule has 19 heavy (non-hydrogen) atoms. The molecule has 0 atom stereocenters. The third-order valence-corrected chi connectivity index (χ3v) is 3.63. The molecule has 0 spiro atoms. The van der Waals surface area contributed by atoms with Crippen molar-refractivity contribution in [3.05, 3.63) is 41.6 Å². The van der Waals surface area contributed by atoms with Crippen molar-refractivity contribution in [2.75, 3.05) is 10.5 Å². The van der Waals surface area contributed by atoms with Gasteiger partial charge in [-0.1, -0.05) is 11.6 Å². The summed E-state index contributed by atoms with van der Waals surface area (Å²) in [7, 11) is -3.69. The van der Waals surface area contributed by atoms with Gasteiger partial charge in [0.15, 0.2) is 11.0 Å². The molecule has 9 heteroatoms. The number of rotatable bonds is 3. The molecule has 2 rings (SSSR count). The molecule has 0 fully saturated rings. The van der Waals surface area contributed by atoms with Crippen LogP contribution in [0.25, 0.3) is 0 Å². The Bertz CT molecular complexity index is 646. The maximum atomic E-state index is 11.9. The topological polar surface area (TPSA) is 98.0 Å². The zero-order valence-corrected chi connectivity index (χ0v) is 10.6. The maximum absolute atomic E-state index is 11.9. The van der Waals surface area contributed by atoms with Crippen LogP contribution in [0.1, 0.15) is 0 Å². The number of halogens is 1. The summed E-state index contributed by atoms with van der Waals surface area (Å²) in [4.78, 5) is 0.0912. The summed E-state index contributed by atoms with van der Waals surface area (Å²) in [5, 5.41) is 7.33. The van der Waals surface area contributed by atoms with Gasteiger partial charge in [-0.25, -0.2) is 8.42 Å². The van der Waals surface area contributed by atoms with Crippen LogP contribution in [-0.4, -0.2) is 70.0 Å². The standard InChI is InChI=1S/C10H9ClN4O2S.K.H/c11-9-5-6-10(14-13-9)15-18(16,17)8-3-1-7(12)2-4-8;;/h1-6H,12H2,(H,14,15);;. The van der Waals surface area contributed by atoms with Gasteiger partial charge in [0.25, 0.3) is 10.0 Å². The van der Waals surface area contributed by atoms with Gasteiger partial charge in [0.2, 0.25) is 0 Å². The first-order valence-electron chi connectivity index (χ1n) is 4.85. The molecule has 0 bridgehead atoms. The Morgan fingerprint density at radius 2 is 1.68 bits per heavy atom. The Morgan fingerprint density at radius 3 is 2.21 bits per heavy atom. The molecule has 1 heterocycles. The van der Waals surface area contributed by atoms with Crippen molar-refractivity contribution in [2.45, 2.75) is 4.90 Å². The number of hydrogen-bond acceptors (Lipinski definition) is 5. The molecule has 1 aromatic carbocycles. The molecule has 0 amide bonds. The van der Waals surface area contributed by atoms with Crippen LogP contribution in [0.5, 0.6) is 0 Å². The number of aromatic nitrogens is 2. The van der Waals surface area contributed by atoms with Crippen LogP contribution in [-0.2, 0) is 10.0 Å². The molecular formula is C10H10ClKN4O2S. The predicted molar refractivity (Wildman–Crippen MR) is 75.9 cm³/mol. The van der Waals surface area contributed by atoms with Crippen molar-refractivity contribution in [1.29, 1.82) is 0 Å². The zero-order chi connectivity index (χ0) is 13.2. The molecule has 0 aliphatic carbocycles. The van der Waals surface area contributed by atoms with Gasteiger partial charge in [-0.05, 0) is 36.4 Å². The fourth-order valence-corrected chi connectivity index (χ4v) is 2.31. The predicted octanol–water partition coefficient (Wildman–Crippen LogP) is 0.864. The fourth-order valence-electron chi connectivity index (χ4n) is 1.21. The molecule has 6 nitrogen and oxygen atoms in total. The summed E-state index contributed by atoms with van der Waals surface area (Å²) < 4.78 is 26.2. The summed E-state index contributed by atoms with van der Waals surface area (Å²) in [5.41, 5.74) is 5.97. The van der Waals surface area contributed by atoms with Crippen LogP contribution in [0.15, 0.2) is 41.3 Å². The van der Waals surface area contributed by atoms with Gasteiger partial charge in [-0.2, -0.15) is 0 Å². The van der Waals surface area contributed by atoms with Crippen LogP contribution < -0.4 is 10.5 Å². The van der Waals surface area contributed by atoms with E-state index in [2.05, 4.69) is 14.9 Å². The van der Waals surface area contributed by atoms with E-state index in [0.717, 1.165) is 0 Å². The molecule has 0 unspecified atom stereocenters. The van der Waals surface area contributed by atoms with Crippen molar-refractivity contribution in [1.82, 2.24) is 10.2 Å². The Balaban J connectivity index is 0.00000180. The second-order valence-electron chi connectivity index (χ2n) is 3.42. The number of nitrogen functional groups attached to an aromatic ring is 1. The second-order valence-corrected chi connectivity index (χ2v) is 5.49. The van der Waals surface area contributed by atoms with E-state index in [0.29, 0.717) is 5.69 Å². The number of sulfonamides is 1. The van der Waals surface area contributed by atoms with Crippen LogP contribution >= 0.6 is 11.6 Å².